The number of ether oxygens (including phenoxy) is 3. The van der Waals surface area contributed by atoms with Crippen LogP contribution in [0.25, 0.3) is 6.08 Å². The van der Waals surface area contributed by atoms with Crippen LogP contribution in [0.3, 0.4) is 0 Å². The van der Waals surface area contributed by atoms with Crippen molar-refractivity contribution in [2.75, 3.05) is 0 Å². The van der Waals surface area contributed by atoms with Gasteiger partial charge in [-0.3, -0.25) is 0 Å². The highest BCUT2D eigenvalue weighted by Crippen LogP contribution is 2.30. The minimum atomic E-state index is -0.403. The average Bonchev–Trinajstić information content (AvgIpc) is 2.90. The van der Waals surface area contributed by atoms with Crippen molar-refractivity contribution in [1.82, 2.24) is 0 Å². The zero-order valence-corrected chi connectivity index (χ0v) is 18.8. The molecule has 4 aromatic carbocycles. The molecule has 4 aromatic rings. The van der Waals surface area contributed by atoms with E-state index in [1.807, 2.05) is 109 Å². The second kappa shape index (κ2) is 12.1. The van der Waals surface area contributed by atoms with Crippen LogP contribution in [0.5, 0.6) is 11.5 Å². The number of hydrogen-bond donors (Lipinski definition) is 0. The van der Waals surface area contributed by atoms with E-state index in [1.54, 1.807) is 6.08 Å². The maximum atomic E-state index is 12.1. The number of esters is 1. The van der Waals surface area contributed by atoms with E-state index in [9.17, 15) is 4.79 Å². The van der Waals surface area contributed by atoms with Gasteiger partial charge in [-0.1, -0.05) is 97.1 Å². The van der Waals surface area contributed by atoms with Gasteiger partial charge in [-0.05, 0) is 40.5 Å². The molecule has 4 nitrogen and oxygen atoms in total. The van der Waals surface area contributed by atoms with E-state index < -0.39 is 5.97 Å². The number of hydrogen-bond acceptors (Lipinski definition) is 4. The van der Waals surface area contributed by atoms with Gasteiger partial charge in [0.15, 0.2) is 11.5 Å². The van der Waals surface area contributed by atoms with E-state index in [4.69, 9.17) is 14.2 Å². The Hall–Kier alpha value is -4.31. The van der Waals surface area contributed by atoms with Gasteiger partial charge in [0.25, 0.3) is 0 Å². The van der Waals surface area contributed by atoms with Crippen molar-refractivity contribution < 1.29 is 19.0 Å². The summed E-state index contributed by atoms with van der Waals surface area (Å²) in [6.07, 6.45) is 3.13. The second-order valence-electron chi connectivity index (χ2n) is 7.68. The third-order valence-corrected chi connectivity index (χ3v) is 5.08. The zero-order chi connectivity index (χ0) is 23.4. The fraction of sp³-hybridized carbons (Fsp3) is 0.100. The van der Waals surface area contributed by atoms with E-state index >= 15 is 0 Å². The maximum absolute atomic E-state index is 12.1. The van der Waals surface area contributed by atoms with E-state index in [-0.39, 0.29) is 6.61 Å². The minimum Gasteiger partial charge on any atom is -0.485 e. The molecule has 0 aliphatic rings. The lowest BCUT2D eigenvalue weighted by molar-refractivity contribution is -0.138. The molecule has 0 spiro atoms. The number of carbonyl (C=O) groups is 1. The predicted molar refractivity (Wildman–Crippen MR) is 133 cm³/mol. The van der Waals surface area contributed by atoms with Crippen molar-refractivity contribution in [2.45, 2.75) is 19.8 Å². The van der Waals surface area contributed by atoms with E-state index in [0.29, 0.717) is 24.7 Å². The summed E-state index contributed by atoms with van der Waals surface area (Å²) in [5, 5.41) is 0. The first-order valence-electron chi connectivity index (χ1n) is 11.1. The van der Waals surface area contributed by atoms with E-state index in [1.165, 1.54) is 6.08 Å². The molecular formula is C30H26O4. The zero-order valence-electron chi connectivity index (χ0n) is 18.8. The summed E-state index contributed by atoms with van der Waals surface area (Å²) < 4.78 is 17.4. The van der Waals surface area contributed by atoms with Gasteiger partial charge in [0, 0.05) is 6.08 Å². The summed E-state index contributed by atoms with van der Waals surface area (Å²) in [6, 6.07) is 35.1. The van der Waals surface area contributed by atoms with Crippen LogP contribution < -0.4 is 9.47 Å². The Balaban J connectivity index is 1.44. The topological polar surface area (TPSA) is 44.8 Å². The highest BCUT2D eigenvalue weighted by molar-refractivity contribution is 5.87. The summed E-state index contributed by atoms with van der Waals surface area (Å²) in [4.78, 5) is 12.1. The highest BCUT2D eigenvalue weighted by Gasteiger charge is 2.08. The van der Waals surface area contributed by atoms with E-state index in [0.717, 1.165) is 22.3 Å². The van der Waals surface area contributed by atoms with Crippen molar-refractivity contribution in [3.63, 3.8) is 0 Å². The first-order chi connectivity index (χ1) is 16.8. The molecule has 0 amide bonds. The van der Waals surface area contributed by atoms with Crippen LogP contribution in [0, 0.1) is 0 Å². The Bertz CT molecular complexity index is 1200. The quantitative estimate of drug-likeness (QED) is 0.202. The van der Waals surface area contributed by atoms with Crippen LogP contribution in [-0.2, 0) is 29.4 Å². The molecule has 0 fully saturated rings. The van der Waals surface area contributed by atoms with Gasteiger partial charge in [0.2, 0.25) is 0 Å². The summed E-state index contributed by atoms with van der Waals surface area (Å²) in [7, 11) is 0. The number of carbonyl (C=O) groups excluding carboxylic acids is 1. The first kappa shape index (κ1) is 22.9. The van der Waals surface area contributed by atoms with E-state index in [2.05, 4.69) is 0 Å². The van der Waals surface area contributed by atoms with Gasteiger partial charge in [-0.25, -0.2) is 4.79 Å². The van der Waals surface area contributed by atoms with Crippen LogP contribution in [0.2, 0.25) is 0 Å². The van der Waals surface area contributed by atoms with Gasteiger partial charge < -0.3 is 14.2 Å². The largest absolute Gasteiger partial charge is 0.485 e. The molecule has 0 radical (unpaired) electrons. The lowest BCUT2D eigenvalue weighted by atomic mass is 10.1. The van der Waals surface area contributed by atoms with Gasteiger partial charge in [-0.15, -0.1) is 0 Å². The monoisotopic (exact) mass is 450 g/mol. The molecule has 0 unspecified atom stereocenters. The van der Waals surface area contributed by atoms with Crippen molar-refractivity contribution >= 4 is 12.0 Å². The molecular weight excluding hydrogens is 424 g/mol. The molecule has 4 rings (SSSR count). The molecule has 0 heterocycles. The second-order valence-corrected chi connectivity index (χ2v) is 7.68. The third-order valence-electron chi connectivity index (χ3n) is 5.08. The highest BCUT2D eigenvalue weighted by atomic mass is 16.5. The molecule has 34 heavy (non-hydrogen) atoms. The summed E-state index contributed by atoms with van der Waals surface area (Å²) in [6.45, 7) is 1.08. The maximum Gasteiger partial charge on any atom is 0.331 e. The lowest BCUT2D eigenvalue weighted by Crippen LogP contribution is -2.01. The fourth-order valence-electron chi connectivity index (χ4n) is 3.27. The number of benzene rings is 4. The number of rotatable bonds is 10. The van der Waals surface area contributed by atoms with Gasteiger partial charge in [0.1, 0.15) is 19.8 Å². The van der Waals surface area contributed by atoms with Crippen LogP contribution in [0.4, 0.5) is 0 Å². The van der Waals surface area contributed by atoms with Gasteiger partial charge >= 0.3 is 5.97 Å². The Kier molecular flexibility index (Phi) is 8.12. The van der Waals surface area contributed by atoms with Crippen LogP contribution in [-0.4, -0.2) is 5.97 Å². The molecule has 0 saturated carbocycles. The molecule has 0 N–H and O–H groups in total. The normalized spacial score (nSPS) is 10.7. The Morgan fingerprint density at radius 3 is 1.65 bits per heavy atom. The average molecular weight is 451 g/mol. The molecule has 0 saturated heterocycles. The molecule has 170 valence electrons. The van der Waals surface area contributed by atoms with Crippen molar-refractivity contribution in [3.8, 4) is 11.5 Å². The summed E-state index contributed by atoms with van der Waals surface area (Å²) >= 11 is 0. The molecule has 0 aliphatic heterocycles. The Morgan fingerprint density at radius 1 is 0.588 bits per heavy atom. The van der Waals surface area contributed by atoms with Crippen molar-refractivity contribution in [2.24, 2.45) is 0 Å². The van der Waals surface area contributed by atoms with Crippen molar-refractivity contribution in [3.05, 3.63) is 138 Å². The fourth-order valence-corrected chi connectivity index (χ4v) is 3.27. The molecule has 0 atom stereocenters. The molecule has 4 heteroatoms. The van der Waals surface area contributed by atoms with Crippen molar-refractivity contribution in [1.29, 1.82) is 0 Å². The van der Waals surface area contributed by atoms with Crippen LogP contribution in [0.15, 0.2) is 115 Å². The predicted octanol–water partition coefficient (Wildman–Crippen LogP) is 6.60. The summed E-state index contributed by atoms with van der Waals surface area (Å²) in [5.41, 5.74) is 3.89. The molecule has 0 aromatic heterocycles. The SMILES string of the molecule is O=C(/C=C/c1ccc(OCc2ccccc2)c(OCc2ccccc2)c1)OCc1ccccc1. The Morgan fingerprint density at radius 2 is 1.09 bits per heavy atom. The van der Waals surface area contributed by atoms with Crippen LogP contribution >= 0.6 is 0 Å². The van der Waals surface area contributed by atoms with Crippen LogP contribution in [0.1, 0.15) is 22.3 Å². The van der Waals surface area contributed by atoms with Gasteiger partial charge in [-0.2, -0.15) is 0 Å². The molecule has 0 bridgehead atoms. The standard InChI is InChI=1S/C30H26O4/c31-30(34-23-27-14-8-3-9-15-27)19-17-24-16-18-28(32-21-25-10-4-1-5-11-25)29(20-24)33-22-26-12-6-2-7-13-26/h1-20H,21-23H2/b19-17+. The minimum absolute atomic E-state index is 0.238. The summed E-state index contributed by atoms with van der Waals surface area (Å²) in [5.74, 6) is 0.850. The third kappa shape index (κ3) is 7.10. The first-order valence-corrected chi connectivity index (χ1v) is 11.1. The smallest absolute Gasteiger partial charge is 0.331 e. The lowest BCUT2D eigenvalue weighted by Gasteiger charge is -2.14. The Labute approximate surface area is 200 Å². The molecule has 0 aliphatic carbocycles. The van der Waals surface area contributed by atoms with Gasteiger partial charge in [0.05, 0.1) is 0 Å².